The predicted octanol–water partition coefficient (Wildman–Crippen LogP) is 1.88. The van der Waals surface area contributed by atoms with Crippen molar-refractivity contribution in [2.24, 2.45) is 5.92 Å². The van der Waals surface area contributed by atoms with E-state index in [0.717, 1.165) is 31.1 Å². The van der Waals surface area contributed by atoms with E-state index in [4.69, 9.17) is 0 Å². The topological polar surface area (TPSA) is 41.1 Å². The molecule has 4 heteroatoms. The van der Waals surface area contributed by atoms with Crippen molar-refractivity contribution in [1.82, 2.24) is 5.32 Å². The smallest absolute Gasteiger partial charge is 0.234 e. The first-order valence-corrected chi connectivity index (χ1v) is 7.06. The van der Waals surface area contributed by atoms with E-state index in [1.54, 1.807) is 11.8 Å². The first-order chi connectivity index (χ1) is 8.31. The molecule has 1 fully saturated rings. The van der Waals surface area contributed by atoms with Crippen molar-refractivity contribution in [2.75, 3.05) is 24.2 Å². The highest BCUT2D eigenvalue weighted by atomic mass is 32.2. The van der Waals surface area contributed by atoms with Gasteiger partial charge in [-0.2, -0.15) is 0 Å². The zero-order chi connectivity index (χ0) is 11.7. The molecule has 2 aliphatic heterocycles. The maximum atomic E-state index is 11.2. The number of carbonyl (C=O) groups is 1. The number of hydrogen-bond donors (Lipinski definition) is 2. The lowest BCUT2D eigenvalue weighted by molar-refractivity contribution is -0.113. The summed E-state index contributed by atoms with van der Waals surface area (Å²) in [5.41, 5.74) is 2.36. The Bertz CT molecular complexity index is 441. The minimum atomic E-state index is 0.107. The average molecular weight is 248 g/mol. The van der Waals surface area contributed by atoms with E-state index in [9.17, 15) is 4.79 Å². The van der Waals surface area contributed by atoms with Crippen molar-refractivity contribution in [2.45, 2.75) is 17.7 Å². The Morgan fingerprint density at radius 3 is 3.18 bits per heavy atom. The fourth-order valence-corrected chi connectivity index (χ4v) is 3.34. The third-order valence-electron chi connectivity index (χ3n) is 3.37. The Morgan fingerprint density at radius 2 is 2.35 bits per heavy atom. The molecule has 1 amide bonds. The number of carbonyl (C=O) groups excluding carboxylic acids is 1. The number of fused-ring (bicyclic) bond motifs is 1. The van der Waals surface area contributed by atoms with Gasteiger partial charge in [0.15, 0.2) is 0 Å². The number of benzene rings is 1. The minimum absolute atomic E-state index is 0.107. The number of thioether (sulfide) groups is 1. The number of rotatable bonds is 2. The van der Waals surface area contributed by atoms with Crippen molar-refractivity contribution >= 4 is 23.4 Å². The molecular weight excluding hydrogens is 232 g/mol. The fraction of sp³-hybridized carbons (Fsp3) is 0.462. The lowest BCUT2D eigenvalue weighted by atomic mass is 9.98. The molecule has 1 atom stereocenters. The van der Waals surface area contributed by atoms with Gasteiger partial charge in [-0.05, 0) is 49.5 Å². The summed E-state index contributed by atoms with van der Waals surface area (Å²) in [6.45, 7) is 2.29. The zero-order valence-electron chi connectivity index (χ0n) is 9.66. The van der Waals surface area contributed by atoms with Crippen LogP contribution in [0.3, 0.4) is 0 Å². The van der Waals surface area contributed by atoms with Gasteiger partial charge in [-0.15, -0.1) is 11.8 Å². The van der Waals surface area contributed by atoms with Gasteiger partial charge in [0.1, 0.15) is 0 Å². The molecule has 2 heterocycles. The molecule has 90 valence electrons. The molecule has 1 aromatic rings. The maximum Gasteiger partial charge on any atom is 0.234 e. The lowest BCUT2D eigenvalue weighted by Crippen LogP contribution is -2.18. The van der Waals surface area contributed by atoms with Gasteiger partial charge < -0.3 is 10.6 Å². The lowest BCUT2D eigenvalue weighted by Gasteiger charge is -2.17. The van der Waals surface area contributed by atoms with Crippen LogP contribution < -0.4 is 10.6 Å². The standard InChI is InChI=1S/C13H16N2OS/c16-13-8-17-12-6-9(1-2-11(12)15-13)5-10-3-4-14-7-10/h1-2,6,10,14H,3-5,7-8H2,(H,15,16). The Morgan fingerprint density at radius 1 is 1.41 bits per heavy atom. The van der Waals surface area contributed by atoms with Crippen LogP contribution in [0.4, 0.5) is 5.69 Å². The monoisotopic (exact) mass is 248 g/mol. The zero-order valence-corrected chi connectivity index (χ0v) is 10.5. The molecule has 3 rings (SSSR count). The van der Waals surface area contributed by atoms with Gasteiger partial charge in [0.2, 0.25) is 5.91 Å². The van der Waals surface area contributed by atoms with E-state index in [2.05, 4.69) is 22.8 Å². The van der Waals surface area contributed by atoms with E-state index in [1.165, 1.54) is 16.9 Å². The van der Waals surface area contributed by atoms with Crippen molar-refractivity contribution in [3.05, 3.63) is 23.8 Å². The molecule has 3 nitrogen and oxygen atoms in total. The van der Waals surface area contributed by atoms with Gasteiger partial charge in [0.25, 0.3) is 0 Å². The fourth-order valence-electron chi connectivity index (χ4n) is 2.47. The third kappa shape index (κ3) is 2.48. The van der Waals surface area contributed by atoms with Crippen molar-refractivity contribution < 1.29 is 4.79 Å². The second-order valence-electron chi connectivity index (χ2n) is 4.73. The highest BCUT2D eigenvalue weighted by molar-refractivity contribution is 8.00. The van der Waals surface area contributed by atoms with Crippen LogP contribution in [0.5, 0.6) is 0 Å². The summed E-state index contributed by atoms with van der Waals surface area (Å²) in [4.78, 5) is 12.5. The molecule has 2 N–H and O–H groups in total. The van der Waals surface area contributed by atoms with Gasteiger partial charge in [-0.25, -0.2) is 0 Å². The highest BCUT2D eigenvalue weighted by Gasteiger charge is 2.18. The van der Waals surface area contributed by atoms with Crippen LogP contribution in [-0.2, 0) is 11.2 Å². The largest absolute Gasteiger partial charge is 0.324 e. The third-order valence-corrected chi connectivity index (χ3v) is 4.42. The quantitative estimate of drug-likeness (QED) is 0.839. The second-order valence-corrected chi connectivity index (χ2v) is 5.75. The first-order valence-electron chi connectivity index (χ1n) is 6.07. The van der Waals surface area contributed by atoms with E-state index in [1.807, 2.05) is 6.07 Å². The van der Waals surface area contributed by atoms with Gasteiger partial charge in [-0.1, -0.05) is 6.07 Å². The number of nitrogens with one attached hydrogen (secondary N) is 2. The molecule has 17 heavy (non-hydrogen) atoms. The van der Waals surface area contributed by atoms with Crippen LogP contribution in [0.25, 0.3) is 0 Å². The molecule has 1 aromatic carbocycles. The molecule has 0 radical (unpaired) electrons. The maximum absolute atomic E-state index is 11.2. The Labute approximate surface area is 105 Å². The number of amides is 1. The minimum Gasteiger partial charge on any atom is -0.324 e. The van der Waals surface area contributed by atoms with Gasteiger partial charge in [0, 0.05) is 4.90 Å². The van der Waals surface area contributed by atoms with Crippen LogP contribution in [0, 0.1) is 5.92 Å². The van der Waals surface area contributed by atoms with Gasteiger partial charge >= 0.3 is 0 Å². The Kier molecular flexibility index (Phi) is 3.07. The summed E-state index contributed by atoms with van der Waals surface area (Å²) >= 11 is 1.64. The molecule has 0 spiro atoms. The first kappa shape index (κ1) is 11.1. The van der Waals surface area contributed by atoms with E-state index in [-0.39, 0.29) is 5.91 Å². The van der Waals surface area contributed by atoms with Gasteiger partial charge in [0.05, 0.1) is 11.4 Å². The Hall–Kier alpha value is -1.00. The van der Waals surface area contributed by atoms with Gasteiger partial charge in [-0.3, -0.25) is 4.79 Å². The summed E-state index contributed by atoms with van der Waals surface area (Å²) in [5.74, 6) is 1.42. The van der Waals surface area contributed by atoms with E-state index < -0.39 is 0 Å². The summed E-state index contributed by atoms with van der Waals surface area (Å²) in [6.07, 6.45) is 2.43. The molecule has 1 unspecified atom stereocenters. The average Bonchev–Trinajstić information content (AvgIpc) is 2.82. The molecule has 0 saturated carbocycles. The summed E-state index contributed by atoms with van der Waals surface area (Å²) < 4.78 is 0. The molecule has 1 saturated heterocycles. The van der Waals surface area contributed by atoms with E-state index in [0.29, 0.717) is 5.75 Å². The van der Waals surface area contributed by atoms with Crippen molar-refractivity contribution in [3.8, 4) is 0 Å². The highest BCUT2D eigenvalue weighted by Crippen LogP contribution is 2.32. The SMILES string of the molecule is O=C1CSc2cc(CC3CCNC3)ccc2N1. The van der Waals surface area contributed by atoms with Crippen LogP contribution in [-0.4, -0.2) is 24.7 Å². The molecule has 0 bridgehead atoms. The summed E-state index contributed by atoms with van der Waals surface area (Å²) in [7, 11) is 0. The molecule has 0 aromatic heterocycles. The number of hydrogen-bond acceptors (Lipinski definition) is 3. The Balaban J connectivity index is 1.76. The second kappa shape index (κ2) is 4.70. The summed E-state index contributed by atoms with van der Waals surface area (Å²) in [5, 5.41) is 6.31. The van der Waals surface area contributed by atoms with Crippen LogP contribution >= 0.6 is 11.8 Å². The van der Waals surface area contributed by atoms with Crippen LogP contribution in [0.2, 0.25) is 0 Å². The predicted molar refractivity (Wildman–Crippen MR) is 70.5 cm³/mol. The van der Waals surface area contributed by atoms with Crippen LogP contribution in [0.15, 0.2) is 23.1 Å². The van der Waals surface area contributed by atoms with Crippen LogP contribution in [0.1, 0.15) is 12.0 Å². The van der Waals surface area contributed by atoms with Crippen molar-refractivity contribution in [1.29, 1.82) is 0 Å². The molecular formula is C13H16N2OS. The van der Waals surface area contributed by atoms with E-state index >= 15 is 0 Å². The summed E-state index contributed by atoms with van der Waals surface area (Å²) in [6, 6.07) is 6.41. The normalized spacial score (nSPS) is 23.3. The number of anilines is 1. The molecule has 0 aliphatic carbocycles. The molecule has 2 aliphatic rings. The van der Waals surface area contributed by atoms with Crippen molar-refractivity contribution in [3.63, 3.8) is 0 Å².